The van der Waals surface area contributed by atoms with E-state index in [1.54, 1.807) is 19.2 Å². The van der Waals surface area contributed by atoms with Crippen molar-refractivity contribution in [3.8, 4) is 6.07 Å². The summed E-state index contributed by atoms with van der Waals surface area (Å²) in [5.41, 5.74) is 4.45. The summed E-state index contributed by atoms with van der Waals surface area (Å²) in [4.78, 5) is 6.49. The predicted molar refractivity (Wildman–Crippen MR) is 107 cm³/mol. The van der Waals surface area contributed by atoms with Gasteiger partial charge in [0.1, 0.15) is 11.9 Å². The average Bonchev–Trinajstić information content (AvgIpc) is 2.69. The Balaban J connectivity index is 1.68. The normalized spacial score (nSPS) is 17.3. The van der Waals surface area contributed by atoms with Gasteiger partial charge < -0.3 is 15.0 Å². The fourth-order valence-electron chi connectivity index (χ4n) is 3.48. The zero-order valence-corrected chi connectivity index (χ0v) is 16.5. The maximum absolute atomic E-state index is 14.1. The van der Waals surface area contributed by atoms with Crippen LogP contribution >= 0.6 is 0 Å². The van der Waals surface area contributed by atoms with Gasteiger partial charge in [0.25, 0.3) is 0 Å². The SMILES string of the molecule is CN=C(NCc1ccc(C#N)cc1F)N1CCOC(c2ccc(C)cc2C)C1. The summed E-state index contributed by atoms with van der Waals surface area (Å²) in [5.74, 6) is 0.318. The van der Waals surface area contributed by atoms with Gasteiger partial charge in [0.2, 0.25) is 0 Å². The highest BCUT2D eigenvalue weighted by atomic mass is 19.1. The fourth-order valence-corrected chi connectivity index (χ4v) is 3.48. The van der Waals surface area contributed by atoms with E-state index < -0.39 is 5.82 Å². The van der Waals surface area contributed by atoms with Crippen molar-refractivity contribution in [2.24, 2.45) is 4.99 Å². The van der Waals surface area contributed by atoms with E-state index in [0.29, 0.717) is 36.8 Å². The molecule has 1 aliphatic rings. The van der Waals surface area contributed by atoms with Gasteiger partial charge >= 0.3 is 0 Å². The van der Waals surface area contributed by atoms with Crippen LogP contribution in [0.2, 0.25) is 0 Å². The average molecular weight is 380 g/mol. The number of nitrogens with one attached hydrogen (secondary N) is 1. The van der Waals surface area contributed by atoms with Crippen LogP contribution in [0, 0.1) is 31.0 Å². The van der Waals surface area contributed by atoms with Gasteiger partial charge in [-0.2, -0.15) is 5.26 Å². The molecule has 3 rings (SSSR count). The maximum atomic E-state index is 14.1. The van der Waals surface area contributed by atoms with Gasteiger partial charge in [-0.3, -0.25) is 4.99 Å². The number of aryl methyl sites for hydroxylation is 2. The first-order valence-corrected chi connectivity index (χ1v) is 9.34. The molecule has 0 saturated carbocycles. The van der Waals surface area contributed by atoms with E-state index in [2.05, 4.69) is 47.3 Å². The van der Waals surface area contributed by atoms with E-state index >= 15 is 0 Å². The van der Waals surface area contributed by atoms with Gasteiger partial charge in [0.05, 0.1) is 24.8 Å². The minimum absolute atomic E-state index is 0.0282. The van der Waals surface area contributed by atoms with Crippen molar-refractivity contribution in [1.82, 2.24) is 10.2 Å². The lowest BCUT2D eigenvalue weighted by Crippen LogP contribution is -2.48. The summed E-state index contributed by atoms with van der Waals surface area (Å²) in [5, 5.41) is 12.1. The Morgan fingerprint density at radius 2 is 2.14 bits per heavy atom. The van der Waals surface area contributed by atoms with Gasteiger partial charge in [-0.05, 0) is 37.1 Å². The molecule has 0 spiro atoms. The van der Waals surface area contributed by atoms with Crippen LogP contribution in [0.15, 0.2) is 41.4 Å². The van der Waals surface area contributed by atoms with E-state index in [-0.39, 0.29) is 6.10 Å². The molecule has 1 atom stereocenters. The van der Waals surface area contributed by atoms with Gasteiger partial charge in [-0.1, -0.05) is 29.8 Å². The topological polar surface area (TPSA) is 60.7 Å². The monoisotopic (exact) mass is 380 g/mol. The number of rotatable bonds is 3. The number of hydrogen-bond donors (Lipinski definition) is 1. The number of benzene rings is 2. The number of aliphatic imine (C=N–C) groups is 1. The minimum Gasteiger partial charge on any atom is -0.370 e. The first-order valence-electron chi connectivity index (χ1n) is 9.34. The number of nitriles is 1. The smallest absolute Gasteiger partial charge is 0.194 e. The Labute approximate surface area is 165 Å². The molecule has 1 fully saturated rings. The zero-order chi connectivity index (χ0) is 20.1. The van der Waals surface area contributed by atoms with Crippen LogP contribution in [0.1, 0.15) is 33.9 Å². The standard InChI is InChI=1S/C22H25FN4O/c1-15-4-7-19(16(2)10-15)21-14-27(8-9-28-21)22(25-3)26-13-18-6-5-17(12-24)11-20(18)23/h4-7,10-11,21H,8-9,13-14H2,1-3H3,(H,25,26). The van der Waals surface area contributed by atoms with Crippen molar-refractivity contribution in [2.45, 2.75) is 26.5 Å². The largest absolute Gasteiger partial charge is 0.370 e. The second kappa shape index (κ2) is 8.85. The molecule has 0 bridgehead atoms. The molecule has 1 N–H and O–H groups in total. The van der Waals surface area contributed by atoms with Gasteiger partial charge in [0.15, 0.2) is 5.96 Å². The molecule has 2 aromatic rings. The number of nitrogens with zero attached hydrogens (tertiary/aromatic N) is 3. The third-order valence-electron chi connectivity index (χ3n) is 4.97. The van der Waals surface area contributed by atoms with Gasteiger partial charge in [-0.15, -0.1) is 0 Å². The molecule has 2 aromatic carbocycles. The van der Waals surface area contributed by atoms with Gasteiger partial charge in [0, 0.05) is 25.7 Å². The lowest BCUT2D eigenvalue weighted by Gasteiger charge is -2.36. The Morgan fingerprint density at radius 3 is 2.82 bits per heavy atom. The second-order valence-corrected chi connectivity index (χ2v) is 6.98. The summed E-state index contributed by atoms with van der Waals surface area (Å²) in [7, 11) is 1.72. The van der Waals surface area contributed by atoms with Gasteiger partial charge in [-0.25, -0.2) is 4.39 Å². The number of morpholine rings is 1. The first-order chi connectivity index (χ1) is 13.5. The van der Waals surface area contributed by atoms with E-state index in [0.717, 1.165) is 6.54 Å². The lowest BCUT2D eigenvalue weighted by molar-refractivity contribution is -0.00834. The second-order valence-electron chi connectivity index (χ2n) is 6.98. The van der Waals surface area contributed by atoms with E-state index in [4.69, 9.17) is 10.00 Å². The molecular formula is C22H25FN4O. The highest BCUT2D eigenvalue weighted by molar-refractivity contribution is 5.80. The molecule has 6 heteroatoms. The highest BCUT2D eigenvalue weighted by Crippen LogP contribution is 2.26. The van der Waals surface area contributed by atoms with Crippen LogP contribution in [-0.4, -0.2) is 37.6 Å². The molecule has 0 aromatic heterocycles. The molecule has 0 amide bonds. The number of hydrogen-bond acceptors (Lipinski definition) is 3. The molecule has 146 valence electrons. The van der Waals surface area contributed by atoms with Crippen molar-refractivity contribution in [3.05, 3.63) is 70.0 Å². The zero-order valence-electron chi connectivity index (χ0n) is 16.5. The third-order valence-corrected chi connectivity index (χ3v) is 4.97. The number of halogens is 1. The lowest BCUT2D eigenvalue weighted by atomic mass is 10.00. The molecule has 1 unspecified atom stereocenters. The third kappa shape index (κ3) is 4.49. The number of ether oxygens (including phenoxy) is 1. The van der Waals surface area contributed by atoms with Crippen LogP contribution in [0.3, 0.4) is 0 Å². The quantitative estimate of drug-likeness (QED) is 0.654. The van der Waals surface area contributed by atoms with Crippen molar-refractivity contribution in [2.75, 3.05) is 26.7 Å². The predicted octanol–water partition coefficient (Wildman–Crippen LogP) is 3.46. The minimum atomic E-state index is -0.392. The Bertz CT molecular complexity index is 919. The van der Waals surface area contributed by atoms with Crippen LogP contribution in [-0.2, 0) is 11.3 Å². The van der Waals surface area contributed by atoms with Crippen molar-refractivity contribution in [3.63, 3.8) is 0 Å². The Hall–Kier alpha value is -2.91. The summed E-state index contributed by atoms with van der Waals surface area (Å²) in [6.07, 6.45) is -0.0282. The fraction of sp³-hybridized carbons (Fsp3) is 0.364. The molecule has 0 aliphatic carbocycles. The molecule has 28 heavy (non-hydrogen) atoms. The van der Waals surface area contributed by atoms with E-state index in [9.17, 15) is 4.39 Å². The summed E-state index contributed by atoms with van der Waals surface area (Å²) in [6, 6.07) is 12.8. The van der Waals surface area contributed by atoms with E-state index in [1.807, 2.05) is 6.07 Å². The molecule has 1 aliphatic heterocycles. The maximum Gasteiger partial charge on any atom is 0.194 e. The van der Waals surface area contributed by atoms with Crippen LogP contribution in [0.5, 0.6) is 0 Å². The summed E-state index contributed by atoms with van der Waals surface area (Å²) >= 11 is 0. The molecule has 1 saturated heterocycles. The van der Waals surface area contributed by atoms with Crippen LogP contribution < -0.4 is 5.32 Å². The first kappa shape index (κ1) is 19.8. The highest BCUT2D eigenvalue weighted by Gasteiger charge is 2.25. The van der Waals surface area contributed by atoms with Crippen LogP contribution in [0.25, 0.3) is 0 Å². The summed E-state index contributed by atoms with van der Waals surface area (Å²) < 4.78 is 20.1. The molecule has 5 nitrogen and oxygen atoms in total. The molecule has 1 heterocycles. The Kier molecular flexibility index (Phi) is 6.27. The number of guanidine groups is 1. The van der Waals surface area contributed by atoms with Crippen molar-refractivity contribution in [1.29, 1.82) is 5.26 Å². The Morgan fingerprint density at radius 1 is 1.32 bits per heavy atom. The van der Waals surface area contributed by atoms with Crippen molar-refractivity contribution >= 4 is 5.96 Å². The van der Waals surface area contributed by atoms with Crippen LogP contribution in [0.4, 0.5) is 4.39 Å². The summed E-state index contributed by atoms with van der Waals surface area (Å²) in [6.45, 7) is 6.49. The van der Waals surface area contributed by atoms with E-state index in [1.165, 1.54) is 22.8 Å². The molecular weight excluding hydrogens is 355 g/mol. The van der Waals surface area contributed by atoms with Crippen molar-refractivity contribution < 1.29 is 9.13 Å². The molecule has 0 radical (unpaired) electrons.